The molecule has 0 spiro atoms. The Morgan fingerprint density at radius 2 is 1.67 bits per heavy atom. The monoisotopic (exact) mass is 765 g/mol. The number of esters is 1. The van der Waals surface area contributed by atoms with Gasteiger partial charge in [0, 0.05) is 38.5 Å². The van der Waals surface area contributed by atoms with Crippen molar-refractivity contribution in [2.75, 3.05) is 0 Å². The number of carbonyl (C=O) groups excluding carboxylic acids is 3. The predicted molar refractivity (Wildman–Crippen MR) is 198 cm³/mol. The molecule has 2 saturated heterocycles. The number of cyclic esters (lactones) is 1. The summed E-state index contributed by atoms with van der Waals surface area (Å²) >= 11 is 0. The van der Waals surface area contributed by atoms with Crippen LogP contribution in [0, 0.1) is 11.8 Å². The maximum absolute atomic E-state index is 13.0. The van der Waals surface area contributed by atoms with Gasteiger partial charge in [0.05, 0.1) is 60.6 Å². The number of fused-ring (bicyclic) bond motifs is 2. The molecule has 14 heteroatoms. The number of ether oxygens (including phenoxy) is 4. The number of hydrogen-bond acceptors (Lipinski definition) is 14. The van der Waals surface area contributed by atoms with Gasteiger partial charge in [0.25, 0.3) is 0 Å². The molecule has 14 nitrogen and oxygen atoms in total. The van der Waals surface area contributed by atoms with E-state index >= 15 is 0 Å². The summed E-state index contributed by atoms with van der Waals surface area (Å²) in [6.07, 6.45) is 4.83. The van der Waals surface area contributed by atoms with Crippen molar-refractivity contribution in [1.82, 2.24) is 0 Å². The first kappa shape index (κ1) is 45.8. The largest absolute Gasteiger partial charge is 0.462 e. The van der Waals surface area contributed by atoms with Gasteiger partial charge < -0.3 is 55.3 Å². The van der Waals surface area contributed by atoms with Gasteiger partial charge in [-0.3, -0.25) is 14.4 Å². The van der Waals surface area contributed by atoms with Gasteiger partial charge in [-0.1, -0.05) is 68.9 Å². The molecular formula is C40H63NO13. The fourth-order valence-corrected chi connectivity index (χ4v) is 7.36. The number of Topliss-reactive ketones (excluding diaryl/α,β-unsaturated/α-hetero) is 2. The standard InChI is InChI=1S/C40H63NO13/c1-5-15-28-18-12-10-8-7-9-11-13-19-29(53-39-37(48)35(41)36(47)25(4)51-39)21-33-34(24(3)42)32(46)23-40(50,54-33)22-27(44)17-14-16-26(43)20-31(45)30(6-2)38(49)52-28/h7-13,19,25,27-37,39,44-48,50H,5-6,14-18,20-23,41H2,1-4H3/b8-7+,11-9+,12-10+,19-13+/t25?,27-,28+,29-,30-,31+,32-,33-,34+,35?,36?,37?,39?,40+/m0/s1. The molecule has 54 heavy (non-hydrogen) atoms. The molecule has 2 fully saturated rings. The molecule has 0 radical (unpaired) electrons. The van der Waals surface area contributed by atoms with E-state index in [2.05, 4.69) is 0 Å². The Morgan fingerprint density at radius 3 is 2.33 bits per heavy atom. The molecule has 3 aliphatic heterocycles. The van der Waals surface area contributed by atoms with Gasteiger partial charge in [-0.15, -0.1) is 0 Å². The highest BCUT2D eigenvalue weighted by molar-refractivity contribution is 5.81. The zero-order valence-electron chi connectivity index (χ0n) is 32.0. The molecule has 8 N–H and O–H groups in total. The maximum atomic E-state index is 13.0. The number of allylic oxidation sites excluding steroid dienone is 6. The van der Waals surface area contributed by atoms with Crippen LogP contribution in [-0.4, -0.2) is 121 Å². The maximum Gasteiger partial charge on any atom is 0.311 e. The summed E-state index contributed by atoms with van der Waals surface area (Å²) in [5, 5.41) is 65.5. The van der Waals surface area contributed by atoms with Gasteiger partial charge in [0.1, 0.15) is 23.8 Å². The number of nitrogens with two attached hydrogens (primary N) is 1. The Labute approximate surface area is 318 Å². The minimum Gasteiger partial charge on any atom is -0.462 e. The van der Waals surface area contributed by atoms with Gasteiger partial charge in [0.2, 0.25) is 0 Å². The third kappa shape index (κ3) is 13.8. The molecule has 14 atom stereocenters. The van der Waals surface area contributed by atoms with Crippen molar-refractivity contribution in [2.24, 2.45) is 17.6 Å². The number of rotatable bonds is 6. The van der Waals surface area contributed by atoms with Crippen LogP contribution in [0.2, 0.25) is 0 Å². The number of ketones is 2. The normalized spacial score (nSPS) is 42.3. The summed E-state index contributed by atoms with van der Waals surface area (Å²) in [6, 6.07) is -1.06. The SMILES string of the molecule is CCC[C@@H]1C/C=C/C=C/C=C/C=C/[C@H](OC2OC(C)C(O)C(N)C2O)C[C@@H]2O[C@](O)(C[C@@H](O)CCCC(=O)C[C@@H](O)[C@H](CC)C(=O)O1)C[C@H](O)[C@H]2C(C)=O. The summed E-state index contributed by atoms with van der Waals surface area (Å²) < 4.78 is 23.7. The number of aliphatic hydroxyl groups is 6. The lowest BCUT2D eigenvalue weighted by molar-refractivity contribution is -0.306. The van der Waals surface area contributed by atoms with Crippen molar-refractivity contribution >= 4 is 17.5 Å². The van der Waals surface area contributed by atoms with Crippen LogP contribution in [0.25, 0.3) is 0 Å². The molecule has 0 aromatic carbocycles. The Bertz CT molecular complexity index is 1320. The summed E-state index contributed by atoms with van der Waals surface area (Å²) in [7, 11) is 0. The molecule has 0 saturated carbocycles. The van der Waals surface area contributed by atoms with E-state index in [1.54, 1.807) is 50.3 Å². The van der Waals surface area contributed by atoms with Crippen LogP contribution < -0.4 is 5.73 Å². The zero-order valence-corrected chi connectivity index (χ0v) is 32.0. The van der Waals surface area contributed by atoms with Crippen molar-refractivity contribution in [3.8, 4) is 0 Å². The fourth-order valence-electron chi connectivity index (χ4n) is 7.36. The number of hydrogen-bond donors (Lipinski definition) is 7. The third-order valence-corrected chi connectivity index (χ3v) is 10.4. The highest BCUT2D eigenvalue weighted by atomic mass is 16.7. The van der Waals surface area contributed by atoms with Gasteiger partial charge in [-0.05, 0) is 39.5 Å². The molecule has 306 valence electrons. The molecule has 0 aliphatic carbocycles. The van der Waals surface area contributed by atoms with E-state index in [1.807, 2.05) is 19.1 Å². The average molecular weight is 766 g/mol. The van der Waals surface area contributed by atoms with E-state index in [9.17, 15) is 45.0 Å². The van der Waals surface area contributed by atoms with Crippen molar-refractivity contribution in [2.45, 2.75) is 171 Å². The first-order valence-electron chi connectivity index (χ1n) is 19.3. The summed E-state index contributed by atoms with van der Waals surface area (Å²) in [6.45, 7) is 6.63. The molecular weight excluding hydrogens is 702 g/mol. The Balaban J connectivity index is 1.90. The lowest BCUT2D eigenvalue weighted by Gasteiger charge is -2.45. The van der Waals surface area contributed by atoms with Crippen molar-refractivity contribution in [3.63, 3.8) is 0 Å². The van der Waals surface area contributed by atoms with E-state index in [-0.39, 0.29) is 56.5 Å². The first-order chi connectivity index (χ1) is 25.6. The van der Waals surface area contributed by atoms with Crippen LogP contribution in [0.4, 0.5) is 0 Å². The van der Waals surface area contributed by atoms with E-state index in [0.29, 0.717) is 19.3 Å². The number of aliphatic hydroxyl groups excluding tert-OH is 5. The summed E-state index contributed by atoms with van der Waals surface area (Å²) in [5.74, 6) is -5.19. The number of carbonyl (C=O) groups is 3. The quantitative estimate of drug-likeness (QED) is 0.192. The van der Waals surface area contributed by atoms with Crippen molar-refractivity contribution in [3.05, 3.63) is 48.6 Å². The van der Waals surface area contributed by atoms with Crippen LogP contribution in [0.15, 0.2) is 48.6 Å². The Kier molecular flexibility index (Phi) is 18.8. The Morgan fingerprint density at radius 1 is 0.981 bits per heavy atom. The highest BCUT2D eigenvalue weighted by Gasteiger charge is 2.49. The Hall–Kier alpha value is -2.63. The summed E-state index contributed by atoms with van der Waals surface area (Å²) in [4.78, 5) is 38.7. The average Bonchev–Trinajstić information content (AvgIpc) is 3.08. The smallest absolute Gasteiger partial charge is 0.311 e. The van der Waals surface area contributed by atoms with Gasteiger partial charge in [-0.25, -0.2) is 0 Å². The van der Waals surface area contributed by atoms with Crippen LogP contribution in [-0.2, 0) is 33.3 Å². The molecule has 5 unspecified atom stereocenters. The van der Waals surface area contributed by atoms with E-state index < -0.39 is 90.9 Å². The molecule has 0 aromatic heterocycles. The van der Waals surface area contributed by atoms with Crippen molar-refractivity contribution in [1.29, 1.82) is 0 Å². The second kappa shape index (κ2) is 22.2. The van der Waals surface area contributed by atoms with E-state index in [1.165, 1.54) is 6.92 Å². The fraction of sp³-hybridized carbons (Fsp3) is 0.725. The minimum absolute atomic E-state index is 0.0154. The van der Waals surface area contributed by atoms with Crippen LogP contribution >= 0.6 is 0 Å². The zero-order chi connectivity index (χ0) is 40.0. The van der Waals surface area contributed by atoms with Crippen molar-refractivity contribution < 1.29 is 64.0 Å². The van der Waals surface area contributed by atoms with Gasteiger partial charge >= 0.3 is 5.97 Å². The highest BCUT2D eigenvalue weighted by Crippen LogP contribution is 2.38. The summed E-state index contributed by atoms with van der Waals surface area (Å²) in [5.41, 5.74) is 6.03. The lowest BCUT2D eigenvalue weighted by atomic mass is 9.81. The van der Waals surface area contributed by atoms with E-state index in [0.717, 1.165) is 6.42 Å². The minimum atomic E-state index is -2.04. The van der Waals surface area contributed by atoms with Crippen LogP contribution in [0.3, 0.4) is 0 Å². The molecule has 0 aromatic rings. The topological polar surface area (TPSA) is 236 Å². The molecule has 3 rings (SSSR count). The lowest BCUT2D eigenvalue weighted by Crippen LogP contribution is -2.61. The third-order valence-electron chi connectivity index (χ3n) is 10.4. The van der Waals surface area contributed by atoms with Gasteiger partial charge in [-0.2, -0.15) is 0 Å². The molecule has 2 bridgehead atoms. The second-order valence-electron chi connectivity index (χ2n) is 14.9. The van der Waals surface area contributed by atoms with E-state index in [4.69, 9.17) is 24.7 Å². The molecule has 3 heterocycles. The van der Waals surface area contributed by atoms with Gasteiger partial charge in [0.15, 0.2) is 12.1 Å². The predicted octanol–water partition coefficient (Wildman–Crippen LogP) is 2.21. The van der Waals surface area contributed by atoms with Crippen LogP contribution in [0.1, 0.15) is 98.3 Å². The molecule has 0 amide bonds. The molecule has 3 aliphatic rings. The van der Waals surface area contributed by atoms with Crippen LogP contribution in [0.5, 0.6) is 0 Å². The second-order valence-corrected chi connectivity index (χ2v) is 14.9. The first-order valence-corrected chi connectivity index (χ1v) is 19.3.